The number of nitrogens with zero attached hydrogens (tertiary/aromatic N) is 1. The Bertz CT molecular complexity index is 271. The summed E-state index contributed by atoms with van der Waals surface area (Å²) < 4.78 is 5.57. The zero-order valence-electron chi connectivity index (χ0n) is 13.5. The van der Waals surface area contributed by atoms with E-state index in [9.17, 15) is 4.79 Å². The highest BCUT2D eigenvalue weighted by molar-refractivity contribution is 5.84. The quantitative estimate of drug-likeness (QED) is 0.593. The molecule has 1 heterocycles. The predicted molar refractivity (Wildman–Crippen MR) is 82.6 cm³/mol. The second kappa shape index (κ2) is 10.2. The zero-order valence-corrected chi connectivity index (χ0v) is 13.5. The molecule has 2 unspecified atom stereocenters. The van der Waals surface area contributed by atoms with E-state index >= 15 is 0 Å². The van der Waals surface area contributed by atoms with Crippen LogP contribution in [0.3, 0.4) is 0 Å². The fraction of sp³-hybridized carbons (Fsp3) is 0.938. The minimum Gasteiger partial charge on any atom is -0.381 e. The van der Waals surface area contributed by atoms with Crippen molar-refractivity contribution in [1.29, 1.82) is 0 Å². The van der Waals surface area contributed by atoms with E-state index in [1.165, 1.54) is 6.42 Å². The SMILES string of the molecule is CCCCOCCCN1C(=O)C(CCCC)NC1CC. The van der Waals surface area contributed by atoms with Gasteiger partial charge in [-0.2, -0.15) is 0 Å². The van der Waals surface area contributed by atoms with Crippen LogP contribution in [0.25, 0.3) is 0 Å². The number of ether oxygens (including phenoxy) is 1. The number of hydrogen-bond acceptors (Lipinski definition) is 3. The monoisotopic (exact) mass is 284 g/mol. The largest absolute Gasteiger partial charge is 0.381 e. The molecule has 1 aliphatic heterocycles. The predicted octanol–water partition coefficient (Wildman–Crippen LogP) is 2.92. The van der Waals surface area contributed by atoms with Crippen LogP contribution in [0.4, 0.5) is 0 Å². The topological polar surface area (TPSA) is 41.6 Å². The number of carbonyl (C=O) groups is 1. The van der Waals surface area contributed by atoms with E-state index in [1.807, 2.05) is 4.90 Å². The van der Waals surface area contributed by atoms with Gasteiger partial charge in [-0.1, -0.05) is 40.0 Å². The van der Waals surface area contributed by atoms with Gasteiger partial charge in [0.15, 0.2) is 0 Å². The van der Waals surface area contributed by atoms with Crippen molar-refractivity contribution in [3.63, 3.8) is 0 Å². The fourth-order valence-electron chi connectivity index (χ4n) is 2.65. The van der Waals surface area contributed by atoms with Crippen LogP contribution in [0.15, 0.2) is 0 Å². The van der Waals surface area contributed by atoms with Gasteiger partial charge >= 0.3 is 0 Å². The summed E-state index contributed by atoms with van der Waals surface area (Å²) in [6.45, 7) is 8.90. The highest BCUT2D eigenvalue weighted by Gasteiger charge is 2.36. The normalized spacial score (nSPS) is 22.8. The van der Waals surface area contributed by atoms with Crippen LogP contribution in [-0.4, -0.2) is 42.8 Å². The van der Waals surface area contributed by atoms with Crippen molar-refractivity contribution in [3.05, 3.63) is 0 Å². The first kappa shape index (κ1) is 17.4. The molecule has 118 valence electrons. The molecule has 0 radical (unpaired) electrons. The van der Waals surface area contributed by atoms with Gasteiger partial charge in [0.1, 0.15) is 0 Å². The van der Waals surface area contributed by atoms with Gasteiger partial charge in [0.05, 0.1) is 12.2 Å². The van der Waals surface area contributed by atoms with Crippen molar-refractivity contribution in [2.75, 3.05) is 19.8 Å². The Hall–Kier alpha value is -0.610. The van der Waals surface area contributed by atoms with Crippen LogP contribution >= 0.6 is 0 Å². The van der Waals surface area contributed by atoms with Gasteiger partial charge < -0.3 is 9.64 Å². The van der Waals surface area contributed by atoms with E-state index in [4.69, 9.17) is 4.74 Å². The van der Waals surface area contributed by atoms with Crippen molar-refractivity contribution in [2.45, 2.75) is 77.9 Å². The Kier molecular flexibility index (Phi) is 8.86. The van der Waals surface area contributed by atoms with Gasteiger partial charge in [0.2, 0.25) is 5.91 Å². The Labute approximate surface area is 124 Å². The number of nitrogens with one attached hydrogen (secondary N) is 1. The summed E-state index contributed by atoms with van der Waals surface area (Å²) in [7, 11) is 0. The number of rotatable bonds is 11. The average molecular weight is 284 g/mol. The summed E-state index contributed by atoms with van der Waals surface area (Å²) in [5.41, 5.74) is 0. The summed E-state index contributed by atoms with van der Waals surface area (Å²) in [4.78, 5) is 14.4. The Morgan fingerprint density at radius 2 is 1.80 bits per heavy atom. The van der Waals surface area contributed by atoms with Gasteiger partial charge in [-0.05, 0) is 25.7 Å². The van der Waals surface area contributed by atoms with Gasteiger partial charge in [-0.3, -0.25) is 10.1 Å². The molecule has 1 amide bonds. The van der Waals surface area contributed by atoms with Crippen LogP contribution < -0.4 is 5.32 Å². The van der Waals surface area contributed by atoms with Gasteiger partial charge in [-0.25, -0.2) is 0 Å². The van der Waals surface area contributed by atoms with Gasteiger partial charge in [0.25, 0.3) is 0 Å². The number of unbranched alkanes of at least 4 members (excludes halogenated alkanes) is 2. The van der Waals surface area contributed by atoms with Crippen molar-refractivity contribution in [3.8, 4) is 0 Å². The third kappa shape index (κ3) is 5.41. The Morgan fingerprint density at radius 3 is 2.45 bits per heavy atom. The number of hydrogen-bond donors (Lipinski definition) is 1. The molecule has 0 aromatic rings. The Morgan fingerprint density at radius 1 is 1.10 bits per heavy atom. The standard InChI is InChI=1S/C16H32N2O2/c1-4-7-10-14-16(19)18(15(6-3)17-14)11-9-13-20-12-8-5-2/h14-15,17H,4-13H2,1-3H3. The molecule has 0 spiro atoms. The van der Waals surface area contributed by atoms with Crippen LogP contribution in [0.5, 0.6) is 0 Å². The third-order valence-corrected chi connectivity index (χ3v) is 3.91. The van der Waals surface area contributed by atoms with Crippen molar-refractivity contribution >= 4 is 5.91 Å². The lowest BCUT2D eigenvalue weighted by Gasteiger charge is -2.22. The first-order valence-electron chi connectivity index (χ1n) is 8.38. The lowest BCUT2D eigenvalue weighted by atomic mass is 10.1. The molecule has 0 bridgehead atoms. The highest BCUT2D eigenvalue weighted by Crippen LogP contribution is 2.17. The molecular weight excluding hydrogens is 252 g/mol. The smallest absolute Gasteiger partial charge is 0.241 e. The molecule has 4 nitrogen and oxygen atoms in total. The minimum atomic E-state index is 0.0425. The third-order valence-electron chi connectivity index (χ3n) is 3.91. The molecule has 1 saturated heterocycles. The van der Waals surface area contributed by atoms with Gasteiger partial charge in [0, 0.05) is 19.8 Å². The summed E-state index contributed by atoms with van der Waals surface area (Å²) >= 11 is 0. The maximum atomic E-state index is 12.4. The van der Waals surface area contributed by atoms with Crippen LogP contribution in [0.2, 0.25) is 0 Å². The zero-order chi connectivity index (χ0) is 14.8. The van der Waals surface area contributed by atoms with Gasteiger partial charge in [-0.15, -0.1) is 0 Å². The fourth-order valence-corrected chi connectivity index (χ4v) is 2.65. The Balaban J connectivity index is 2.29. The van der Waals surface area contributed by atoms with E-state index in [0.29, 0.717) is 5.91 Å². The van der Waals surface area contributed by atoms with Crippen molar-refractivity contribution in [2.24, 2.45) is 0 Å². The molecule has 0 aliphatic carbocycles. The lowest BCUT2D eigenvalue weighted by molar-refractivity contribution is -0.130. The molecular formula is C16H32N2O2. The molecule has 0 aromatic heterocycles. The number of carbonyl (C=O) groups excluding carboxylic acids is 1. The molecule has 1 aliphatic rings. The molecule has 1 fully saturated rings. The molecule has 1 rings (SSSR count). The van der Waals surface area contributed by atoms with Crippen molar-refractivity contribution < 1.29 is 9.53 Å². The minimum absolute atomic E-state index is 0.0425. The lowest BCUT2D eigenvalue weighted by Crippen LogP contribution is -2.37. The van der Waals surface area contributed by atoms with E-state index < -0.39 is 0 Å². The molecule has 4 heteroatoms. The summed E-state index contributed by atoms with van der Waals surface area (Å²) in [6.07, 6.45) is 7.67. The molecule has 1 N–H and O–H groups in total. The van der Waals surface area contributed by atoms with E-state index in [0.717, 1.165) is 58.3 Å². The summed E-state index contributed by atoms with van der Waals surface area (Å²) in [5.74, 6) is 0.291. The highest BCUT2D eigenvalue weighted by atomic mass is 16.5. The van der Waals surface area contributed by atoms with Crippen LogP contribution in [0, 0.1) is 0 Å². The number of amides is 1. The first-order chi connectivity index (χ1) is 9.74. The second-order valence-electron chi connectivity index (χ2n) is 5.64. The van der Waals surface area contributed by atoms with E-state index in [2.05, 4.69) is 26.1 Å². The van der Waals surface area contributed by atoms with E-state index in [1.54, 1.807) is 0 Å². The molecule has 0 aromatic carbocycles. The second-order valence-corrected chi connectivity index (χ2v) is 5.64. The van der Waals surface area contributed by atoms with Crippen LogP contribution in [-0.2, 0) is 9.53 Å². The average Bonchev–Trinajstić information content (AvgIpc) is 2.76. The maximum Gasteiger partial charge on any atom is 0.241 e. The van der Waals surface area contributed by atoms with Crippen molar-refractivity contribution in [1.82, 2.24) is 10.2 Å². The summed E-state index contributed by atoms with van der Waals surface area (Å²) in [6, 6.07) is 0.0425. The molecule has 0 saturated carbocycles. The molecule has 20 heavy (non-hydrogen) atoms. The van der Waals surface area contributed by atoms with Crippen LogP contribution in [0.1, 0.15) is 65.7 Å². The summed E-state index contributed by atoms with van der Waals surface area (Å²) in [5, 5.41) is 3.47. The maximum absolute atomic E-state index is 12.4. The first-order valence-corrected chi connectivity index (χ1v) is 8.38. The molecule has 2 atom stereocenters. The van der Waals surface area contributed by atoms with E-state index in [-0.39, 0.29) is 12.2 Å².